The largest absolute Gasteiger partial charge is 0.362 e. The lowest BCUT2D eigenvalue weighted by Gasteiger charge is -2.13. The first-order chi connectivity index (χ1) is 7.12. The maximum Gasteiger partial charge on any atom is 0.169 e. The molecule has 0 aromatic carbocycles. The number of fused-ring (bicyclic) bond motifs is 1. The number of ketones is 1. The Kier molecular flexibility index (Phi) is 2.01. The molecular formula is C13H20O2. The van der Waals surface area contributed by atoms with Crippen molar-refractivity contribution in [3.8, 4) is 0 Å². The van der Waals surface area contributed by atoms with E-state index in [-0.39, 0.29) is 5.92 Å². The smallest absolute Gasteiger partial charge is 0.169 e. The van der Waals surface area contributed by atoms with E-state index in [2.05, 4.69) is 6.92 Å². The summed E-state index contributed by atoms with van der Waals surface area (Å²) in [6.45, 7) is 4.66. The van der Waals surface area contributed by atoms with Gasteiger partial charge in [-0.3, -0.25) is 4.79 Å². The van der Waals surface area contributed by atoms with Crippen molar-refractivity contribution in [2.45, 2.75) is 45.1 Å². The van der Waals surface area contributed by atoms with Gasteiger partial charge in [-0.25, -0.2) is 0 Å². The second-order valence-electron chi connectivity index (χ2n) is 5.94. The lowest BCUT2D eigenvalue weighted by molar-refractivity contribution is -0.127. The van der Waals surface area contributed by atoms with E-state index in [9.17, 15) is 4.79 Å². The van der Waals surface area contributed by atoms with Gasteiger partial charge in [0.2, 0.25) is 0 Å². The molecule has 0 amide bonds. The van der Waals surface area contributed by atoms with E-state index in [4.69, 9.17) is 4.74 Å². The fraction of sp³-hybridized carbons (Fsp3) is 0.923. The molecule has 5 atom stereocenters. The zero-order valence-corrected chi connectivity index (χ0v) is 9.66. The number of hydrogen-bond acceptors (Lipinski definition) is 2. The highest BCUT2D eigenvalue weighted by Gasteiger charge is 2.55. The first-order valence-corrected chi connectivity index (χ1v) is 6.30. The number of hydrogen-bond donors (Lipinski definition) is 0. The van der Waals surface area contributed by atoms with Gasteiger partial charge in [0.25, 0.3) is 0 Å². The van der Waals surface area contributed by atoms with Crippen LogP contribution in [0.4, 0.5) is 0 Å². The lowest BCUT2D eigenvalue weighted by Crippen LogP contribution is -2.27. The molecule has 0 bridgehead atoms. The monoisotopic (exact) mass is 208 g/mol. The molecule has 3 aliphatic rings. The van der Waals surface area contributed by atoms with Gasteiger partial charge >= 0.3 is 0 Å². The third-order valence-electron chi connectivity index (χ3n) is 4.76. The van der Waals surface area contributed by atoms with Crippen molar-refractivity contribution in [2.75, 3.05) is 6.61 Å². The summed E-state index contributed by atoms with van der Waals surface area (Å²) in [5.74, 6) is 3.39. The second kappa shape index (κ2) is 3.07. The summed E-state index contributed by atoms with van der Waals surface area (Å²) in [6, 6.07) is 0. The molecule has 0 aromatic rings. The predicted molar refractivity (Wildman–Crippen MR) is 57.5 cm³/mol. The lowest BCUT2D eigenvalue weighted by atomic mass is 9.90. The zero-order valence-electron chi connectivity index (χ0n) is 9.66. The molecule has 1 aliphatic heterocycles. The summed E-state index contributed by atoms with van der Waals surface area (Å²) in [6.07, 6.45) is 5.39. The van der Waals surface area contributed by atoms with E-state index in [1.165, 1.54) is 19.3 Å². The van der Waals surface area contributed by atoms with Gasteiger partial charge in [-0.15, -0.1) is 0 Å². The highest BCUT2D eigenvalue weighted by molar-refractivity contribution is 5.91. The average Bonchev–Trinajstić information content (AvgIpc) is 3.05. The number of epoxide rings is 1. The SMILES string of the molecule is C[C@@H](C[C@@H]1[C@@H]2CCC[C@@H]21)C(=O)[C@@]1(C)CO1. The first kappa shape index (κ1) is 9.83. The second-order valence-corrected chi connectivity index (χ2v) is 5.94. The number of carbonyl (C=O) groups is 1. The summed E-state index contributed by atoms with van der Waals surface area (Å²) in [7, 11) is 0. The standard InChI is InChI=1S/C13H20O2/c1-8(12(14)13(2)7-15-13)6-11-9-4-3-5-10(9)11/h8-11H,3-7H2,1-2H3/t8-,9-,10+,11-,13+/m0/s1. The molecule has 2 heteroatoms. The number of rotatable bonds is 4. The molecule has 0 unspecified atom stereocenters. The first-order valence-electron chi connectivity index (χ1n) is 6.30. The molecule has 3 rings (SSSR count). The fourth-order valence-electron chi connectivity index (χ4n) is 3.61. The normalized spacial score (nSPS) is 48.5. The Bertz CT molecular complexity index is 283. The van der Waals surface area contributed by atoms with E-state index < -0.39 is 5.60 Å². The molecule has 0 radical (unpaired) electrons. The summed E-state index contributed by atoms with van der Waals surface area (Å²) in [5, 5.41) is 0. The van der Waals surface area contributed by atoms with Crippen LogP contribution in [0.3, 0.4) is 0 Å². The predicted octanol–water partition coefficient (Wildman–Crippen LogP) is 2.42. The zero-order chi connectivity index (χ0) is 10.6. The van der Waals surface area contributed by atoms with Crippen LogP contribution in [0.15, 0.2) is 0 Å². The van der Waals surface area contributed by atoms with Crippen LogP contribution in [0.25, 0.3) is 0 Å². The maximum absolute atomic E-state index is 12.0. The van der Waals surface area contributed by atoms with Crippen molar-refractivity contribution in [1.82, 2.24) is 0 Å². The Labute approximate surface area is 91.4 Å². The molecular weight excluding hydrogens is 188 g/mol. The van der Waals surface area contributed by atoms with Crippen molar-refractivity contribution in [1.29, 1.82) is 0 Å². The molecule has 2 aliphatic carbocycles. The van der Waals surface area contributed by atoms with Gasteiger partial charge in [-0.05, 0) is 43.9 Å². The van der Waals surface area contributed by atoms with Crippen LogP contribution >= 0.6 is 0 Å². The number of Topliss-reactive ketones (excluding diaryl/α,β-unsaturated/α-hetero) is 1. The van der Waals surface area contributed by atoms with E-state index in [0.29, 0.717) is 12.4 Å². The molecule has 0 N–H and O–H groups in total. The van der Waals surface area contributed by atoms with Crippen LogP contribution < -0.4 is 0 Å². The summed E-state index contributed by atoms with van der Waals surface area (Å²) >= 11 is 0. The van der Waals surface area contributed by atoms with Crippen LogP contribution in [0.2, 0.25) is 0 Å². The Morgan fingerprint density at radius 3 is 2.60 bits per heavy atom. The minimum absolute atomic E-state index is 0.216. The van der Waals surface area contributed by atoms with Gasteiger partial charge in [0.1, 0.15) is 5.60 Å². The van der Waals surface area contributed by atoms with Crippen molar-refractivity contribution in [3.63, 3.8) is 0 Å². The van der Waals surface area contributed by atoms with Gasteiger partial charge in [0.05, 0.1) is 6.61 Å². The summed E-state index contributed by atoms with van der Waals surface area (Å²) < 4.78 is 5.23. The van der Waals surface area contributed by atoms with Crippen molar-refractivity contribution >= 4 is 5.78 Å². The molecule has 84 valence electrons. The van der Waals surface area contributed by atoms with Crippen LogP contribution in [0.1, 0.15) is 39.5 Å². The molecule has 3 fully saturated rings. The molecule has 2 saturated carbocycles. The van der Waals surface area contributed by atoms with Crippen LogP contribution in [-0.4, -0.2) is 18.0 Å². The highest BCUT2D eigenvalue weighted by Crippen LogP contribution is 2.60. The van der Waals surface area contributed by atoms with Gasteiger partial charge in [0.15, 0.2) is 5.78 Å². The third kappa shape index (κ3) is 1.54. The quantitative estimate of drug-likeness (QED) is 0.664. The number of carbonyl (C=O) groups excluding carboxylic acids is 1. The van der Waals surface area contributed by atoms with E-state index in [1.54, 1.807) is 0 Å². The van der Waals surface area contributed by atoms with Gasteiger partial charge in [-0.1, -0.05) is 13.3 Å². The highest BCUT2D eigenvalue weighted by atomic mass is 16.6. The minimum atomic E-state index is -0.399. The van der Waals surface area contributed by atoms with Crippen LogP contribution in [0, 0.1) is 23.7 Å². The Hall–Kier alpha value is -0.370. The third-order valence-corrected chi connectivity index (χ3v) is 4.76. The Morgan fingerprint density at radius 1 is 1.47 bits per heavy atom. The fourth-order valence-corrected chi connectivity index (χ4v) is 3.61. The molecule has 1 heterocycles. The summed E-state index contributed by atoms with van der Waals surface area (Å²) in [5.41, 5.74) is -0.399. The molecule has 1 saturated heterocycles. The van der Waals surface area contributed by atoms with Gasteiger partial charge in [-0.2, -0.15) is 0 Å². The van der Waals surface area contributed by atoms with Crippen molar-refractivity contribution in [3.05, 3.63) is 0 Å². The van der Waals surface area contributed by atoms with E-state index >= 15 is 0 Å². The Balaban J connectivity index is 1.53. The van der Waals surface area contributed by atoms with Gasteiger partial charge < -0.3 is 4.74 Å². The van der Waals surface area contributed by atoms with E-state index in [1.807, 2.05) is 6.92 Å². The minimum Gasteiger partial charge on any atom is -0.362 e. The van der Waals surface area contributed by atoms with Crippen molar-refractivity contribution < 1.29 is 9.53 Å². The molecule has 0 spiro atoms. The van der Waals surface area contributed by atoms with E-state index in [0.717, 1.165) is 24.2 Å². The Morgan fingerprint density at radius 2 is 2.07 bits per heavy atom. The van der Waals surface area contributed by atoms with Crippen molar-refractivity contribution in [2.24, 2.45) is 23.7 Å². The maximum atomic E-state index is 12.0. The average molecular weight is 208 g/mol. The summed E-state index contributed by atoms with van der Waals surface area (Å²) in [4.78, 5) is 12.0. The molecule has 15 heavy (non-hydrogen) atoms. The van der Waals surface area contributed by atoms with Crippen LogP contribution in [-0.2, 0) is 9.53 Å². The van der Waals surface area contributed by atoms with Crippen LogP contribution in [0.5, 0.6) is 0 Å². The molecule has 0 aromatic heterocycles. The van der Waals surface area contributed by atoms with Gasteiger partial charge in [0, 0.05) is 5.92 Å². The molecule has 2 nitrogen and oxygen atoms in total. The topological polar surface area (TPSA) is 29.6 Å². The number of ether oxygens (including phenoxy) is 1.